The smallest absolute Gasteiger partial charge is 0.304 e. The van der Waals surface area contributed by atoms with Gasteiger partial charge in [-0.25, -0.2) is 0 Å². The average Bonchev–Trinajstić information content (AvgIpc) is 2.58. The molecule has 1 aliphatic rings. The summed E-state index contributed by atoms with van der Waals surface area (Å²) in [6.07, 6.45) is 0. The number of hydrogen-bond acceptors (Lipinski definition) is 7. The van der Waals surface area contributed by atoms with Crippen LogP contribution in [0.4, 0.5) is 13.2 Å². The first-order valence-corrected chi connectivity index (χ1v) is 9.17. The van der Waals surface area contributed by atoms with Gasteiger partial charge in [0, 0.05) is 52.4 Å². The van der Waals surface area contributed by atoms with E-state index in [0.29, 0.717) is 39.3 Å². The third kappa shape index (κ3) is 13.5. The van der Waals surface area contributed by atoms with Crippen LogP contribution in [0.15, 0.2) is 0 Å². The van der Waals surface area contributed by atoms with Crippen LogP contribution in [0.3, 0.4) is 0 Å². The molecule has 7 nitrogen and oxygen atoms in total. The molecule has 10 heteroatoms. The first kappa shape index (κ1) is 25.6. The normalized spacial score (nSPS) is 19.3. The van der Waals surface area contributed by atoms with E-state index >= 15 is 0 Å². The van der Waals surface area contributed by atoms with Crippen molar-refractivity contribution in [1.82, 2.24) is 19.6 Å². The Morgan fingerprint density at radius 3 is 1.04 bits per heavy atom. The van der Waals surface area contributed by atoms with Crippen LogP contribution < -0.4 is 0 Å². The van der Waals surface area contributed by atoms with Gasteiger partial charge in [-0.15, -0.1) is 0 Å². The van der Waals surface area contributed by atoms with Gasteiger partial charge in [-0.2, -0.15) is 13.2 Å². The number of carbonyl (C=O) groups is 3. The van der Waals surface area contributed by atoms with Crippen molar-refractivity contribution >= 4 is 18.1 Å². The molecule has 0 spiro atoms. The fourth-order valence-corrected chi connectivity index (χ4v) is 2.64. The number of halogens is 3. The topological polar surface area (TPSA) is 64.2 Å². The Labute approximate surface area is 159 Å². The van der Waals surface area contributed by atoms with Gasteiger partial charge in [0.25, 0.3) is 0 Å². The van der Waals surface area contributed by atoms with Crippen molar-refractivity contribution < 1.29 is 27.6 Å². The first-order chi connectivity index (χ1) is 12.8. The Balaban J connectivity index is 0.00000326. The van der Waals surface area contributed by atoms with Crippen LogP contribution in [0.2, 0.25) is 0 Å². The summed E-state index contributed by atoms with van der Waals surface area (Å²) in [5, 5.41) is 0. The number of rotatable bonds is 6. The minimum Gasteiger partial charge on any atom is -0.304 e. The Bertz CT molecular complexity index is 437. The zero-order valence-electron chi connectivity index (χ0n) is 16.4. The SMILES string of the molecule is CC.CN1CCN(CC(=O)F)CCN(CC(=O)F)CCN(CC(=O)F)CC1. The molecular formula is C17H31F3N4O3. The van der Waals surface area contributed by atoms with E-state index < -0.39 is 24.7 Å². The van der Waals surface area contributed by atoms with E-state index in [1.807, 2.05) is 25.8 Å². The van der Waals surface area contributed by atoms with E-state index in [4.69, 9.17) is 0 Å². The molecule has 0 bridgehead atoms. The predicted molar refractivity (Wildman–Crippen MR) is 96.5 cm³/mol. The Morgan fingerprint density at radius 1 is 0.593 bits per heavy atom. The fourth-order valence-electron chi connectivity index (χ4n) is 2.64. The Morgan fingerprint density at radius 2 is 0.815 bits per heavy atom. The van der Waals surface area contributed by atoms with Crippen LogP contribution in [0, 0.1) is 0 Å². The van der Waals surface area contributed by atoms with E-state index in [1.165, 1.54) is 4.90 Å². The van der Waals surface area contributed by atoms with Crippen LogP contribution in [-0.4, -0.2) is 117 Å². The molecular weight excluding hydrogens is 365 g/mol. The lowest BCUT2D eigenvalue weighted by Gasteiger charge is -2.31. The summed E-state index contributed by atoms with van der Waals surface area (Å²) in [7, 11) is 1.84. The third-order valence-corrected chi connectivity index (χ3v) is 4.10. The summed E-state index contributed by atoms with van der Waals surface area (Å²) < 4.78 is 38.2. The largest absolute Gasteiger partial charge is 0.315 e. The van der Waals surface area contributed by atoms with Crippen molar-refractivity contribution in [3.63, 3.8) is 0 Å². The minimum absolute atomic E-state index is 0.254. The Hall–Kier alpha value is -1.36. The second-order valence-electron chi connectivity index (χ2n) is 6.20. The van der Waals surface area contributed by atoms with Crippen molar-refractivity contribution in [2.45, 2.75) is 13.8 Å². The molecule has 1 fully saturated rings. The van der Waals surface area contributed by atoms with Gasteiger partial charge in [0.2, 0.25) is 0 Å². The molecule has 1 rings (SSSR count). The molecule has 1 heterocycles. The molecule has 1 saturated heterocycles. The van der Waals surface area contributed by atoms with Gasteiger partial charge in [0.1, 0.15) is 0 Å². The van der Waals surface area contributed by atoms with E-state index in [2.05, 4.69) is 0 Å². The maximum Gasteiger partial charge on any atom is 0.315 e. The fraction of sp³-hybridized carbons (Fsp3) is 0.824. The number of hydrogen-bond donors (Lipinski definition) is 0. The molecule has 0 N–H and O–H groups in total. The molecule has 0 saturated carbocycles. The summed E-state index contributed by atoms with van der Waals surface area (Å²) in [5.74, 6) is 0. The lowest BCUT2D eigenvalue weighted by Crippen LogP contribution is -2.47. The summed E-state index contributed by atoms with van der Waals surface area (Å²) in [6, 6.07) is -4.40. The van der Waals surface area contributed by atoms with Crippen molar-refractivity contribution in [2.24, 2.45) is 0 Å². The lowest BCUT2D eigenvalue weighted by molar-refractivity contribution is -0.132. The molecule has 0 radical (unpaired) electrons. The molecule has 0 unspecified atom stereocenters. The summed E-state index contributed by atoms with van der Waals surface area (Å²) in [6.45, 7) is 5.89. The van der Waals surface area contributed by atoms with Gasteiger partial charge in [-0.1, -0.05) is 13.8 Å². The van der Waals surface area contributed by atoms with E-state index in [-0.39, 0.29) is 26.2 Å². The maximum atomic E-state index is 12.8. The summed E-state index contributed by atoms with van der Waals surface area (Å²) in [4.78, 5) is 39.0. The summed E-state index contributed by atoms with van der Waals surface area (Å²) >= 11 is 0. The van der Waals surface area contributed by atoms with Crippen LogP contribution in [0.25, 0.3) is 0 Å². The van der Waals surface area contributed by atoms with Crippen molar-refractivity contribution in [2.75, 3.05) is 79.0 Å². The lowest BCUT2D eigenvalue weighted by atomic mass is 10.3. The molecule has 158 valence electrons. The second-order valence-corrected chi connectivity index (χ2v) is 6.20. The molecule has 0 atom stereocenters. The summed E-state index contributed by atoms with van der Waals surface area (Å²) in [5.41, 5.74) is 0. The monoisotopic (exact) mass is 396 g/mol. The zero-order valence-corrected chi connectivity index (χ0v) is 16.4. The van der Waals surface area contributed by atoms with Crippen LogP contribution in [0.1, 0.15) is 13.8 Å². The van der Waals surface area contributed by atoms with Crippen molar-refractivity contribution in [3.8, 4) is 0 Å². The van der Waals surface area contributed by atoms with Crippen LogP contribution >= 0.6 is 0 Å². The van der Waals surface area contributed by atoms with Gasteiger partial charge >= 0.3 is 18.1 Å². The first-order valence-electron chi connectivity index (χ1n) is 9.17. The van der Waals surface area contributed by atoms with Crippen molar-refractivity contribution in [1.29, 1.82) is 0 Å². The van der Waals surface area contributed by atoms with Gasteiger partial charge in [0.15, 0.2) is 0 Å². The standard InChI is InChI=1S/C15H25F3N4O3.C2H6/c1-19-2-4-20(10-13(16)23)6-8-22(12-15(18)25)9-7-21(5-3-19)11-14(17)24;1-2/h2-12H2,1H3;1-2H3. The third-order valence-electron chi connectivity index (χ3n) is 4.10. The van der Waals surface area contributed by atoms with Gasteiger partial charge in [0.05, 0.1) is 19.6 Å². The molecule has 0 aromatic heterocycles. The van der Waals surface area contributed by atoms with E-state index in [1.54, 1.807) is 9.80 Å². The highest BCUT2D eigenvalue weighted by Crippen LogP contribution is 2.01. The molecule has 27 heavy (non-hydrogen) atoms. The molecule has 0 amide bonds. The number of carbonyl (C=O) groups excluding carboxylic acids is 3. The van der Waals surface area contributed by atoms with E-state index in [0.717, 1.165) is 0 Å². The van der Waals surface area contributed by atoms with Crippen LogP contribution in [0.5, 0.6) is 0 Å². The molecule has 1 aliphatic heterocycles. The molecule has 0 aromatic carbocycles. The highest BCUT2D eigenvalue weighted by atomic mass is 19.1. The highest BCUT2D eigenvalue weighted by Gasteiger charge is 2.19. The maximum absolute atomic E-state index is 12.8. The number of likely N-dealkylation sites (N-methyl/N-ethyl adjacent to an activating group) is 1. The van der Waals surface area contributed by atoms with Gasteiger partial charge in [-0.05, 0) is 7.05 Å². The Kier molecular flexibility index (Phi) is 13.9. The van der Waals surface area contributed by atoms with Gasteiger partial charge < -0.3 is 4.90 Å². The molecule has 0 aliphatic carbocycles. The second kappa shape index (κ2) is 14.7. The van der Waals surface area contributed by atoms with E-state index in [9.17, 15) is 27.6 Å². The minimum atomic E-state index is -1.51. The average molecular weight is 396 g/mol. The predicted octanol–water partition coefficient (Wildman–Crippen LogP) is 0.352. The zero-order chi connectivity index (χ0) is 20.8. The highest BCUT2D eigenvalue weighted by molar-refractivity contribution is 5.70. The van der Waals surface area contributed by atoms with Crippen molar-refractivity contribution in [3.05, 3.63) is 0 Å². The number of nitrogens with zero attached hydrogens (tertiary/aromatic N) is 4. The van der Waals surface area contributed by atoms with Gasteiger partial charge in [-0.3, -0.25) is 29.1 Å². The van der Waals surface area contributed by atoms with Crippen LogP contribution in [-0.2, 0) is 14.4 Å². The molecule has 0 aromatic rings. The quantitative estimate of drug-likeness (QED) is 0.601.